The molecule has 140 valence electrons. The predicted octanol–water partition coefficient (Wildman–Crippen LogP) is 4.30. The Balaban J connectivity index is 1.34. The van der Waals surface area contributed by atoms with E-state index in [0.717, 1.165) is 5.56 Å². The molecule has 1 amide bonds. The first-order valence-electron chi connectivity index (χ1n) is 9.38. The molecule has 4 rings (SSSR count). The molecular formula is C22H22ClNO3. The number of likely N-dealkylation sites (tertiary alicyclic amines) is 1. The van der Waals surface area contributed by atoms with Crippen LogP contribution in [-0.2, 0) is 11.2 Å². The monoisotopic (exact) mass is 383 g/mol. The Morgan fingerprint density at radius 1 is 1.07 bits per heavy atom. The third-order valence-corrected chi connectivity index (χ3v) is 5.82. The van der Waals surface area contributed by atoms with Crippen molar-refractivity contribution in [2.45, 2.75) is 37.7 Å². The summed E-state index contributed by atoms with van der Waals surface area (Å²) in [6.07, 6.45) is 2.98. The number of Topliss-reactive ketones (excluding diaryl/α,β-unsaturated/α-hetero) is 1. The second kappa shape index (κ2) is 7.35. The first-order valence-corrected chi connectivity index (χ1v) is 9.76. The average Bonchev–Trinajstić information content (AvgIpc) is 2.68. The quantitative estimate of drug-likeness (QED) is 0.793. The number of benzene rings is 2. The first kappa shape index (κ1) is 18.1. The molecule has 27 heavy (non-hydrogen) atoms. The second-order valence-electron chi connectivity index (χ2n) is 7.39. The lowest BCUT2D eigenvalue weighted by atomic mass is 9.82. The Kier molecular flexibility index (Phi) is 4.92. The molecule has 0 N–H and O–H groups in total. The van der Waals surface area contributed by atoms with Crippen molar-refractivity contribution >= 4 is 23.3 Å². The number of hydrogen-bond acceptors (Lipinski definition) is 3. The number of carbonyl (C=O) groups excluding carboxylic acids is 2. The van der Waals surface area contributed by atoms with Gasteiger partial charge in [0.15, 0.2) is 5.78 Å². The van der Waals surface area contributed by atoms with Gasteiger partial charge in [-0.25, -0.2) is 0 Å². The maximum absolute atomic E-state index is 12.6. The van der Waals surface area contributed by atoms with Gasteiger partial charge < -0.3 is 9.64 Å². The highest BCUT2D eigenvalue weighted by molar-refractivity contribution is 6.30. The summed E-state index contributed by atoms with van der Waals surface area (Å²) in [5.41, 5.74) is 1.32. The van der Waals surface area contributed by atoms with E-state index >= 15 is 0 Å². The van der Waals surface area contributed by atoms with E-state index in [2.05, 4.69) is 0 Å². The zero-order chi connectivity index (χ0) is 18.9. The number of amides is 1. The summed E-state index contributed by atoms with van der Waals surface area (Å²) in [5, 5.41) is 0.704. The molecule has 2 heterocycles. The van der Waals surface area contributed by atoms with Gasteiger partial charge in [0.2, 0.25) is 5.91 Å². The minimum atomic E-state index is -0.460. The zero-order valence-corrected chi connectivity index (χ0v) is 15.9. The largest absolute Gasteiger partial charge is 0.486 e. The Morgan fingerprint density at radius 2 is 1.78 bits per heavy atom. The van der Waals surface area contributed by atoms with Gasteiger partial charge in [-0.1, -0.05) is 35.9 Å². The molecule has 0 radical (unpaired) electrons. The van der Waals surface area contributed by atoms with Crippen LogP contribution in [0.2, 0.25) is 5.02 Å². The smallest absolute Gasteiger partial charge is 0.222 e. The SMILES string of the molecule is O=C1CC2(CCN(C(=O)CCc3ccc(Cl)cc3)CC2)Oc2ccccc21. The van der Waals surface area contributed by atoms with Crippen molar-refractivity contribution in [3.05, 3.63) is 64.7 Å². The molecule has 0 saturated carbocycles. The van der Waals surface area contributed by atoms with Gasteiger partial charge in [0, 0.05) is 37.4 Å². The van der Waals surface area contributed by atoms with Crippen LogP contribution in [0.5, 0.6) is 5.75 Å². The highest BCUT2D eigenvalue weighted by atomic mass is 35.5. The number of hydrogen-bond donors (Lipinski definition) is 0. The molecule has 1 fully saturated rings. The molecule has 0 aliphatic carbocycles. The Morgan fingerprint density at radius 3 is 2.52 bits per heavy atom. The van der Waals surface area contributed by atoms with Gasteiger partial charge in [-0.15, -0.1) is 0 Å². The number of ether oxygens (including phenoxy) is 1. The maximum atomic E-state index is 12.6. The van der Waals surface area contributed by atoms with Crippen LogP contribution < -0.4 is 4.74 Å². The molecule has 2 aliphatic rings. The summed E-state index contributed by atoms with van der Waals surface area (Å²) in [7, 11) is 0. The van der Waals surface area contributed by atoms with Crippen LogP contribution in [0.1, 0.15) is 41.6 Å². The Bertz CT molecular complexity index is 854. The highest BCUT2D eigenvalue weighted by Gasteiger charge is 2.43. The Hall–Kier alpha value is -2.33. The van der Waals surface area contributed by atoms with Gasteiger partial charge in [0.25, 0.3) is 0 Å². The number of aryl methyl sites for hydroxylation is 1. The second-order valence-corrected chi connectivity index (χ2v) is 7.82. The van der Waals surface area contributed by atoms with E-state index in [9.17, 15) is 9.59 Å². The summed E-state index contributed by atoms with van der Waals surface area (Å²) < 4.78 is 6.23. The molecule has 4 nitrogen and oxygen atoms in total. The third kappa shape index (κ3) is 3.86. The lowest BCUT2D eigenvalue weighted by Crippen LogP contribution is -2.52. The minimum Gasteiger partial charge on any atom is -0.486 e. The summed E-state index contributed by atoms with van der Waals surface area (Å²) in [4.78, 5) is 27.0. The van der Waals surface area contributed by atoms with Gasteiger partial charge in [-0.05, 0) is 36.2 Å². The van der Waals surface area contributed by atoms with E-state index in [1.807, 2.05) is 53.4 Å². The summed E-state index contributed by atoms with van der Waals surface area (Å²) in [6.45, 7) is 1.27. The van der Waals surface area contributed by atoms with E-state index in [-0.39, 0.29) is 11.7 Å². The van der Waals surface area contributed by atoms with Crippen molar-refractivity contribution < 1.29 is 14.3 Å². The molecule has 0 bridgehead atoms. The van der Waals surface area contributed by atoms with Crippen molar-refractivity contribution in [1.82, 2.24) is 4.90 Å². The number of fused-ring (bicyclic) bond motifs is 1. The molecule has 2 aliphatic heterocycles. The lowest BCUT2D eigenvalue weighted by molar-refractivity contribution is -0.134. The number of ketones is 1. The van der Waals surface area contributed by atoms with E-state index in [4.69, 9.17) is 16.3 Å². The molecule has 1 spiro atoms. The maximum Gasteiger partial charge on any atom is 0.222 e. The molecule has 5 heteroatoms. The fraction of sp³-hybridized carbons (Fsp3) is 0.364. The predicted molar refractivity (Wildman–Crippen MR) is 104 cm³/mol. The van der Waals surface area contributed by atoms with Crippen LogP contribution in [0, 0.1) is 0 Å². The standard InChI is InChI=1S/C22H22ClNO3/c23-17-8-5-16(6-9-17)7-10-21(26)24-13-11-22(12-14-24)15-19(25)18-3-1-2-4-20(18)27-22/h1-6,8-9H,7,10-15H2. The number of para-hydroxylation sites is 1. The molecule has 0 unspecified atom stereocenters. The number of piperidine rings is 1. The topological polar surface area (TPSA) is 46.6 Å². The van der Waals surface area contributed by atoms with Crippen molar-refractivity contribution in [2.24, 2.45) is 0 Å². The minimum absolute atomic E-state index is 0.138. The van der Waals surface area contributed by atoms with Gasteiger partial charge in [-0.3, -0.25) is 9.59 Å². The number of carbonyl (C=O) groups is 2. The fourth-order valence-corrected chi connectivity index (χ4v) is 4.07. The van der Waals surface area contributed by atoms with Crippen molar-refractivity contribution in [1.29, 1.82) is 0 Å². The molecule has 1 saturated heterocycles. The van der Waals surface area contributed by atoms with Crippen LogP contribution in [0.25, 0.3) is 0 Å². The van der Waals surface area contributed by atoms with Crippen LogP contribution in [0.15, 0.2) is 48.5 Å². The van der Waals surface area contributed by atoms with E-state index in [1.165, 1.54) is 0 Å². The lowest BCUT2D eigenvalue weighted by Gasteiger charge is -2.44. The number of rotatable bonds is 3. The van der Waals surface area contributed by atoms with Gasteiger partial charge >= 0.3 is 0 Å². The van der Waals surface area contributed by atoms with Gasteiger partial charge in [0.05, 0.1) is 12.0 Å². The average molecular weight is 384 g/mol. The zero-order valence-electron chi connectivity index (χ0n) is 15.1. The summed E-state index contributed by atoms with van der Waals surface area (Å²) >= 11 is 5.90. The van der Waals surface area contributed by atoms with Gasteiger partial charge in [-0.2, -0.15) is 0 Å². The molecular weight excluding hydrogens is 362 g/mol. The van der Waals surface area contributed by atoms with Crippen molar-refractivity contribution in [3.63, 3.8) is 0 Å². The molecule has 2 aromatic rings. The normalized spacial score (nSPS) is 18.1. The van der Waals surface area contributed by atoms with Crippen LogP contribution >= 0.6 is 11.6 Å². The highest BCUT2D eigenvalue weighted by Crippen LogP contribution is 2.39. The summed E-state index contributed by atoms with van der Waals surface area (Å²) in [6, 6.07) is 15.0. The van der Waals surface area contributed by atoms with E-state index < -0.39 is 5.60 Å². The molecule has 0 atom stereocenters. The molecule has 2 aromatic carbocycles. The Labute approximate surface area is 164 Å². The third-order valence-electron chi connectivity index (χ3n) is 5.56. The number of nitrogens with zero attached hydrogens (tertiary/aromatic N) is 1. The van der Waals surface area contributed by atoms with E-state index in [0.29, 0.717) is 61.5 Å². The first-order chi connectivity index (χ1) is 13.0. The van der Waals surface area contributed by atoms with Gasteiger partial charge in [0.1, 0.15) is 11.4 Å². The molecule has 0 aromatic heterocycles. The number of halogens is 1. The van der Waals surface area contributed by atoms with Crippen LogP contribution in [0.4, 0.5) is 0 Å². The van der Waals surface area contributed by atoms with Crippen molar-refractivity contribution in [3.8, 4) is 5.75 Å². The summed E-state index contributed by atoms with van der Waals surface area (Å²) in [5.74, 6) is 0.970. The van der Waals surface area contributed by atoms with Crippen LogP contribution in [-0.4, -0.2) is 35.3 Å². The fourth-order valence-electron chi connectivity index (χ4n) is 3.95. The van der Waals surface area contributed by atoms with E-state index in [1.54, 1.807) is 0 Å². The van der Waals surface area contributed by atoms with Crippen molar-refractivity contribution in [2.75, 3.05) is 13.1 Å². The van der Waals surface area contributed by atoms with Crippen LogP contribution in [0.3, 0.4) is 0 Å².